The molecule has 2 N–H and O–H groups in total. The minimum Gasteiger partial charge on any atom is -0.387 e. The maximum atomic E-state index is 10.5. The highest BCUT2D eigenvalue weighted by atomic mass is 35.5. The number of piperidine rings is 1. The lowest BCUT2D eigenvalue weighted by atomic mass is 9.90. The fourth-order valence-electron chi connectivity index (χ4n) is 2.81. The molecule has 18 heavy (non-hydrogen) atoms. The number of aliphatic hydroxyl groups is 1. The highest BCUT2D eigenvalue weighted by molar-refractivity contribution is 6.31. The van der Waals surface area contributed by atoms with Gasteiger partial charge in [-0.2, -0.15) is 0 Å². The van der Waals surface area contributed by atoms with E-state index in [9.17, 15) is 5.11 Å². The van der Waals surface area contributed by atoms with Gasteiger partial charge in [0.15, 0.2) is 0 Å². The minimum atomic E-state index is -0.502. The van der Waals surface area contributed by atoms with Crippen molar-refractivity contribution in [3.63, 3.8) is 0 Å². The maximum Gasteiger partial charge on any atom is 0.0957 e. The molecule has 1 aromatic carbocycles. The molecule has 0 spiro atoms. The molecular formula is C15H22ClNO. The summed E-state index contributed by atoms with van der Waals surface area (Å²) in [6, 6.07) is 8.26. The van der Waals surface area contributed by atoms with Gasteiger partial charge in [0.05, 0.1) is 6.10 Å². The van der Waals surface area contributed by atoms with Crippen LogP contribution in [0.25, 0.3) is 0 Å². The number of nitrogens with one attached hydrogen (secondary N) is 1. The quantitative estimate of drug-likeness (QED) is 0.872. The first kappa shape index (κ1) is 13.9. The van der Waals surface area contributed by atoms with E-state index in [0.29, 0.717) is 11.1 Å². The first-order valence-electron chi connectivity index (χ1n) is 6.91. The topological polar surface area (TPSA) is 32.3 Å². The summed E-state index contributed by atoms with van der Waals surface area (Å²) < 4.78 is 0. The van der Waals surface area contributed by atoms with Crippen molar-refractivity contribution in [3.05, 3.63) is 34.9 Å². The molecule has 2 nitrogen and oxygen atoms in total. The van der Waals surface area contributed by atoms with Crippen molar-refractivity contribution < 1.29 is 5.11 Å². The van der Waals surface area contributed by atoms with E-state index in [1.807, 2.05) is 24.3 Å². The number of rotatable bonds is 4. The average molecular weight is 268 g/mol. The van der Waals surface area contributed by atoms with Crippen LogP contribution in [-0.4, -0.2) is 17.2 Å². The van der Waals surface area contributed by atoms with Gasteiger partial charge in [-0.1, -0.05) is 49.6 Å². The maximum absolute atomic E-state index is 10.5. The fraction of sp³-hybridized carbons (Fsp3) is 0.600. The van der Waals surface area contributed by atoms with Crippen molar-refractivity contribution in [2.45, 2.75) is 57.2 Å². The Kier molecular flexibility index (Phi) is 5.04. The van der Waals surface area contributed by atoms with Crippen molar-refractivity contribution >= 4 is 11.6 Å². The molecule has 1 heterocycles. The molecule has 0 radical (unpaired) electrons. The Morgan fingerprint density at radius 3 is 2.89 bits per heavy atom. The molecule has 2 rings (SSSR count). The van der Waals surface area contributed by atoms with Crippen molar-refractivity contribution in [3.8, 4) is 0 Å². The second-order valence-electron chi connectivity index (χ2n) is 5.16. The lowest BCUT2D eigenvalue weighted by Gasteiger charge is -2.34. The van der Waals surface area contributed by atoms with E-state index in [-0.39, 0.29) is 6.04 Å². The molecule has 1 aliphatic rings. The van der Waals surface area contributed by atoms with Gasteiger partial charge in [0.25, 0.3) is 0 Å². The van der Waals surface area contributed by atoms with E-state index in [1.54, 1.807) is 0 Å². The number of benzene rings is 1. The summed E-state index contributed by atoms with van der Waals surface area (Å²) in [6.45, 7) is 2.20. The second kappa shape index (κ2) is 6.55. The minimum absolute atomic E-state index is 0.134. The second-order valence-corrected chi connectivity index (χ2v) is 5.56. The zero-order valence-electron chi connectivity index (χ0n) is 10.9. The monoisotopic (exact) mass is 267 g/mol. The highest BCUT2D eigenvalue weighted by Gasteiger charge is 2.27. The summed E-state index contributed by atoms with van der Waals surface area (Å²) in [7, 11) is 0. The average Bonchev–Trinajstić information content (AvgIpc) is 2.39. The first-order chi connectivity index (χ1) is 8.72. The van der Waals surface area contributed by atoms with Gasteiger partial charge in [-0.15, -0.1) is 0 Å². The van der Waals surface area contributed by atoms with Crippen LogP contribution in [0.1, 0.15) is 50.7 Å². The molecule has 0 bridgehead atoms. The molecule has 0 amide bonds. The van der Waals surface area contributed by atoms with E-state index in [1.165, 1.54) is 25.7 Å². The molecule has 1 saturated heterocycles. The Morgan fingerprint density at radius 1 is 1.39 bits per heavy atom. The van der Waals surface area contributed by atoms with E-state index >= 15 is 0 Å². The molecule has 2 unspecified atom stereocenters. The predicted molar refractivity (Wildman–Crippen MR) is 75.9 cm³/mol. The largest absolute Gasteiger partial charge is 0.387 e. The molecule has 1 aliphatic heterocycles. The Bertz CT molecular complexity index is 381. The lowest BCUT2D eigenvalue weighted by molar-refractivity contribution is 0.0999. The van der Waals surface area contributed by atoms with E-state index in [0.717, 1.165) is 12.0 Å². The first-order valence-corrected chi connectivity index (χ1v) is 7.28. The van der Waals surface area contributed by atoms with Gasteiger partial charge in [0, 0.05) is 22.7 Å². The van der Waals surface area contributed by atoms with Crippen LogP contribution in [0.5, 0.6) is 0 Å². The van der Waals surface area contributed by atoms with Gasteiger partial charge in [0.2, 0.25) is 0 Å². The SMILES string of the molecule is CCC[C@H]1CCCC(C(O)c2ccccc2Cl)N1. The lowest BCUT2D eigenvalue weighted by Crippen LogP contribution is -2.45. The predicted octanol–water partition coefficient (Wildman–Crippen LogP) is 3.68. The van der Waals surface area contributed by atoms with Crippen LogP contribution in [0.2, 0.25) is 5.02 Å². The number of hydrogen-bond acceptors (Lipinski definition) is 2. The molecule has 1 fully saturated rings. The summed E-state index contributed by atoms with van der Waals surface area (Å²) >= 11 is 6.15. The summed E-state index contributed by atoms with van der Waals surface area (Å²) in [6.07, 6.45) is 5.30. The van der Waals surface area contributed by atoms with Crippen LogP contribution in [0, 0.1) is 0 Å². The number of hydrogen-bond donors (Lipinski definition) is 2. The van der Waals surface area contributed by atoms with Crippen molar-refractivity contribution in [2.24, 2.45) is 0 Å². The van der Waals surface area contributed by atoms with Gasteiger partial charge in [-0.25, -0.2) is 0 Å². The highest BCUT2D eigenvalue weighted by Crippen LogP contribution is 2.29. The molecule has 3 heteroatoms. The zero-order valence-corrected chi connectivity index (χ0v) is 11.7. The Hall–Kier alpha value is -0.570. The molecule has 1 aromatic rings. The third kappa shape index (κ3) is 3.25. The number of aliphatic hydroxyl groups excluding tert-OH is 1. The molecule has 0 saturated carbocycles. The van der Waals surface area contributed by atoms with E-state index < -0.39 is 6.10 Å². The van der Waals surface area contributed by atoms with Crippen LogP contribution in [0.15, 0.2) is 24.3 Å². The van der Waals surface area contributed by atoms with Crippen molar-refractivity contribution in [2.75, 3.05) is 0 Å². The van der Waals surface area contributed by atoms with E-state index in [4.69, 9.17) is 11.6 Å². The molecule has 0 aromatic heterocycles. The van der Waals surface area contributed by atoms with Crippen molar-refractivity contribution in [1.82, 2.24) is 5.32 Å². The van der Waals surface area contributed by atoms with Crippen LogP contribution in [0.3, 0.4) is 0 Å². The summed E-state index contributed by atoms with van der Waals surface area (Å²) in [5, 5.41) is 14.7. The van der Waals surface area contributed by atoms with Crippen LogP contribution in [-0.2, 0) is 0 Å². The fourth-order valence-corrected chi connectivity index (χ4v) is 3.06. The smallest absolute Gasteiger partial charge is 0.0957 e. The Morgan fingerprint density at radius 2 is 2.17 bits per heavy atom. The van der Waals surface area contributed by atoms with Gasteiger partial charge >= 0.3 is 0 Å². The Balaban J connectivity index is 2.04. The molecule has 0 aliphatic carbocycles. The molecular weight excluding hydrogens is 246 g/mol. The summed E-state index contributed by atoms with van der Waals surface area (Å²) in [5.41, 5.74) is 0.841. The third-order valence-corrected chi connectivity index (χ3v) is 4.10. The van der Waals surface area contributed by atoms with Gasteiger partial charge in [-0.3, -0.25) is 0 Å². The third-order valence-electron chi connectivity index (χ3n) is 3.76. The number of halogens is 1. The molecule has 100 valence electrons. The van der Waals surface area contributed by atoms with Gasteiger partial charge in [0.1, 0.15) is 0 Å². The summed E-state index contributed by atoms with van der Waals surface area (Å²) in [4.78, 5) is 0. The van der Waals surface area contributed by atoms with Crippen LogP contribution in [0.4, 0.5) is 0 Å². The normalized spacial score (nSPS) is 25.9. The van der Waals surface area contributed by atoms with Gasteiger partial charge in [-0.05, 0) is 25.3 Å². The zero-order chi connectivity index (χ0) is 13.0. The van der Waals surface area contributed by atoms with Crippen molar-refractivity contribution in [1.29, 1.82) is 0 Å². The van der Waals surface area contributed by atoms with Gasteiger partial charge < -0.3 is 10.4 Å². The summed E-state index contributed by atoms with van der Waals surface area (Å²) in [5.74, 6) is 0. The van der Waals surface area contributed by atoms with Crippen LogP contribution < -0.4 is 5.32 Å². The van der Waals surface area contributed by atoms with Crippen LogP contribution >= 0.6 is 11.6 Å². The standard InChI is InChI=1S/C15H22ClNO/c1-2-6-11-7-5-10-14(17-11)15(18)12-8-3-4-9-13(12)16/h3-4,8-9,11,14-15,17-18H,2,5-7,10H2,1H3/t11-,14?,15?/m0/s1. The Labute approximate surface area is 114 Å². The molecule has 3 atom stereocenters. The van der Waals surface area contributed by atoms with E-state index in [2.05, 4.69) is 12.2 Å².